The van der Waals surface area contributed by atoms with Gasteiger partial charge in [0, 0.05) is 19.6 Å². The van der Waals surface area contributed by atoms with Crippen molar-refractivity contribution in [3.63, 3.8) is 0 Å². The van der Waals surface area contributed by atoms with Crippen LogP contribution in [0.3, 0.4) is 0 Å². The van der Waals surface area contributed by atoms with Gasteiger partial charge in [-0.1, -0.05) is 38.1 Å². The second-order valence-electron chi connectivity index (χ2n) is 5.08. The molecule has 4 nitrogen and oxygen atoms in total. The van der Waals surface area contributed by atoms with Crippen LogP contribution in [-0.4, -0.2) is 43.6 Å². The predicted octanol–water partition coefficient (Wildman–Crippen LogP) is 3.01. The van der Waals surface area contributed by atoms with Gasteiger partial charge in [0.2, 0.25) is 0 Å². The lowest BCUT2D eigenvalue weighted by Gasteiger charge is -2.19. The van der Waals surface area contributed by atoms with Crippen LogP contribution in [0.2, 0.25) is 0 Å². The first-order valence-electron chi connectivity index (χ1n) is 8.00. The minimum atomic E-state index is 0. The van der Waals surface area contributed by atoms with E-state index >= 15 is 0 Å². The maximum Gasteiger partial charge on any atom is 0.191 e. The van der Waals surface area contributed by atoms with Gasteiger partial charge in [0.05, 0.1) is 6.54 Å². The highest BCUT2D eigenvalue weighted by molar-refractivity contribution is 14.0. The molecule has 0 fully saturated rings. The molecule has 0 atom stereocenters. The molecule has 0 unspecified atom stereocenters. The Morgan fingerprint density at radius 1 is 1.09 bits per heavy atom. The van der Waals surface area contributed by atoms with Gasteiger partial charge in [0.15, 0.2) is 5.96 Å². The molecular weight excluding hydrogens is 387 g/mol. The Morgan fingerprint density at radius 2 is 1.77 bits per heavy atom. The zero-order valence-corrected chi connectivity index (χ0v) is 16.7. The highest BCUT2D eigenvalue weighted by atomic mass is 127. The van der Waals surface area contributed by atoms with Crippen LogP contribution in [0.15, 0.2) is 29.3 Å². The van der Waals surface area contributed by atoms with Crippen molar-refractivity contribution in [1.82, 2.24) is 15.5 Å². The fourth-order valence-corrected chi connectivity index (χ4v) is 2.17. The largest absolute Gasteiger partial charge is 0.357 e. The van der Waals surface area contributed by atoms with Gasteiger partial charge in [0.25, 0.3) is 0 Å². The van der Waals surface area contributed by atoms with E-state index in [1.54, 1.807) is 0 Å². The summed E-state index contributed by atoms with van der Waals surface area (Å²) in [5.41, 5.74) is 2.57. The summed E-state index contributed by atoms with van der Waals surface area (Å²) >= 11 is 0. The molecule has 1 aromatic carbocycles. The van der Waals surface area contributed by atoms with E-state index in [1.165, 1.54) is 11.1 Å². The highest BCUT2D eigenvalue weighted by Crippen LogP contribution is 2.07. The van der Waals surface area contributed by atoms with E-state index in [4.69, 9.17) is 0 Å². The summed E-state index contributed by atoms with van der Waals surface area (Å²) in [4.78, 5) is 7.07. The summed E-state index contributed by atoms with van der Waals surface area (Å²) < 4.78 is 0. The van der Waals surface area contributed by atoms with Crippen molar-refractivity contribution in [2.24, 2.45) is 4.99 Å². The van der Waals surface area contributed by atoms with Crippen molar-refractivity contribution in [3.05, 3.63) is 35.4 Å². The van der Waals surface area contributed by atoms with Gasteiger partial charge < -0.3 is 15.5 Å². The number of rotatable bonds is 8. The Kier molecular flexibility index (Phi) is 12.2. The molecule has 5 heteroatoms. The molecule has 0 spiro atoms. The molecule has 0 aliphatic carbocycles. The Labute approximate surface area is 152 Å². The van der Waals surface area contributed by atoms with Gasteiger partial charge in [-0.2, -0.15) is 0 Å². The van der Waals surface area contributed by atoms with Gasteiger partial charge in [0.1, 0.15) is 0 Å². The Morgan fingerprint density at radius 3 is 2.36 bits per heavy atom. The van der Waals surface area contributed by atoms with Gasteiger partial charge in [-0.3, -0.25) is 0 Å². The van der Waals surface area contributed by atoms with Crippen LogP contribution in [0.1, 0.15) is 31.9 Å². The number of halogens is 1. The highest BCUT2D eigenvalue weighted by Gasteiger charge is 2.01. The van der Waals surface area contributed by atoms with Crippen molar-refractivity contribution in [3.8, 4) is 0 Å². The average molecular weight is 418 g/mol. The SMILES string of the molecule is CCNC(=NCc1ccccc1C)NCCN(CC)CC.I. The number of hydrogen-bond donors (Lipinski definition) is 2. The molecule has 0 aromatic heterocycles. The lowest BCUT2D eigenvalue weighted by Crippen LogP contribution is -2.41. The monoisotopic (exact) mass is 418 g/mol. The molecule has 0 radical (unpaired) electrons. The number of nitrogens with one attached hydrogen (secondary N) is 2. The molecule has 0 aliphatic heterocycles. The molecule has 0 bridgehead atoms. The second kappa shape index (κ2) is 12.7. The van der Waals surface area contributed by atoms with Crippen LogP contribution in [0.5, 0.6) is 0 Å². The molecule has 0 heterocycles. The summed E-state index contributed by atoms with van der Waals surface area (Å²) in [5.74, 6) is 0.896. The fourth-order valence-electron chi connectivity index (χ4n) is 2.17. The summed E-state index contributed by atoms with van der Waals surface area (Å²) in [6, 6.07) is 8.40. The number of hydrogen-bond acceptors (Lipinski definition) is 2. The van der Waals surface area contributed by atoms with E-state index in [-0.39, 0.29) is 24.0 Å². The topological polar surface area (TPSA) is 39.7 Å². The molecule has 1 rings (SSSR count). The Hall–Kier alpha value is -0.820. The molecule has 0 saturated carbocycles. The van der Waals surface area contributed by atoms with Gasteiger partial charge >= 0.3 is 0 Å². The van der Waals surface area contributed by atoms with Gasteiger partial charge in [-0.15, -0.1) is 24.0 Å². The maximum absolute atomic E-state index is 4.67. The first kappa shape index (κ1) is 21.2. The number of nitrogens with zero attached hydrogens (tertiary/aromatic N) is 2. The van der Waals surface area contributed by atoms with Crippen LogP contribution in [0.4, 0.5) is 0 Å². The van der Waals surface area contributed by atoms with E-state index in [2.05, 4.69) is 72.5 Å². The zero-order chi connectivity index (χ0) is 15.5. The van der Waals surface area contributed by atoms with E-state index in [0.29, 0.717) is 6.54 Å². The van der Waals surface area contributed by atoms with Crippen LogP contribution >= 0.6 is 24.0 Å². The van der Waals surface area contributed by atoms with Crippen LogP contribution in [0.25, 0.3) is 0 Å². The normalized spacial score (nSPS) is 11.2. The first-order valence-corrected chi connectivity index (χ1v) is 8.00. The summed E-state index contributed by atoms with van der Waals surface area (Å²) in [6.45, 7) is 14.4. The standard InChI is InChI=1S/C17H30N4.HI/c1-5-18-17(19-12-13-21(6-2)7-3)20-14-16-11-9-8-10-15(16)4;/h8-11H,5-7,12-14H2,1-4H3,(H2,18,19,20);1H. The Bertz CT molecular complexity index is 430. The average Bonchev–Trinajstić information content (AvgIpc) is 2.50. The number of benzene rings is 1. The van der Waals surface area contributed by atoms with Crippen LogP contribution in [-0.2, 0) is 6.54 Å². The quantitative estimate of drug-likeness (QED) is 0.388. The number of guanidine groups is 1. The van der Waals surface area contributed by atoms with Crippen LogP contribution < -0.4 is 10.6 Å². The summed E-state index contributed by atoms with van der Waals surface area (Å²) in [6.07, 6.45) is 0. The lowest BCUT2D eigenvalue weighted by atomic mass is 10.1. The molecule has 22 heavy (non-hydrogen) atoms. The molecule has 0 amide bonds. The van der Waals surface area contributed by atoms with Crippen molar-refractivity contribution in [1.29, 1.82) is 0 Å². The maximum atomic E-state index is 4.67. The first-order chi connectivity index (χ1) is 10.2. The third-order valence-electron chi connectivity index (χ3n) is 3.63. The van der Waals surface area contributed by atoms with Crippen molar-refractivity contribution in [2.45, 2.75) is 34.2 Å². The lowest BCUT2D eigenvalue weighted by molar-refractivity contribution is 0.308. The minimum absolute atomic E-state index is 0. The molecular formula is C17H31IN4. The fraction of sp³-hybridized carbons (Fsp3) is 0.588. The zero-order valence-electron chi connectivity index (χ0n) is 14.4. The smallest absolute Gasteiger partial charge is 0.191 e. The summed E-state index contributed by atoms with van der Waals surface area (Å²) in [7, 11) is 0. The predicted molar refractivity (Wildman–Crippen MR) is 107 cm³/mol. The van der Waals surface area contributed by atoms with Crippen molar-refractivity contribution >= 4 is 29.9 Å². The second-order valence-corrected chi connectivity index (χ2v) is 5.08. The van der Waals surface area contributed by atoms with Gasteiger partial charge in [-0.05, 0) is 38.1 Å². The number of aryl methyl sites for hydroxylation is 1. The van der Waals surface area contributed by atoms with E-state index < -0.39 is 0 Å². The Balaban J connectivity index is 0.00000441. The van der Waals surface area contributed by atoms with Crippen molar-refractivity contribution < 1.29 is 0 Å². The molecule has 0 saturated heterocycles. The van der Waals surface area contributed by atoms with Crippen LogP contribution in [0, 0.1) is 6.92 Å². The molecule has 0 aliphatic rings. The van der Waals surface area contributed by atoms with E-state index in [0.717, 1.165) is 38.7 Å². The minimum Gasteiger partial charge on any atom is -0.357 e. The molecule has 2 N–H and O–H groups in total. The third kappa shape index (κ3) is 7.98. The molecule has 1 aromatic rings. The van der Waals surface area contributed by atoms with E-state index in [9.17, 15) is 0 Å². The molecule has 126 valence electrons. The number of likely N-dealkylation sites (N-methyl/N-ethyl adjacent to an activating group) is 1. The number of aliphatic imine (C=N–C) groups is 1. The van der Waals surface area contributed by atoms with Gasteiger partial charge in [-0.25, -0.2) is 4.99 Å². The summed E-state index contributed by atoms with van der Waals surface area (Å²) in [5, 5.41) is 6.71. The third-order valence-corrected chi connectivity index (χ3v) is 3.63. The van der Waals surface area contributed by atoms with Crippen molar-refractivity contribution in [2.75, 3.05) is 32.7 Å². The van der Waals surface area contributed by atoms with E-state index in [1.807, 2.05) is 0 Å².